The molecule has 2 atom stereocenters. The van der Waals surface area contributed by atoms with Crippen molar-refractivity contribution in [3.8, 4) is 0 Å². The predicted molar refractivity (Wildman–Crippen MR) is 88.8 cm³/mol. The lowest BCUT2D eigenvalue weighted by atomic mass is 10.2. The van der Waals surface area contributed by atoms with E-state index >= 15 is 0 Å². The first-order chi connectivity index (χ1) is 9.42. The highest BCUT2D eigenvalue weighted by atomic mass is 79.9. The van der Waals surface area contributed by atoms with Gasteiger partial charge in [-0.2, -0.15) is 11.8 Å². The van der Waals surface area contributed by atoms with Crippen molar-refractivity contribution >= 4 is 37.7 Å². The molecule has 0 amide bonds. The molecule has 1 aliphatic rings. The zero-order valence-corrected chi connectivity index (χ0v) is 14.9. The lowest BCUT2D eigenvalue weighted by Crippen LogP contribution is -2.33. The van der Waals surface area contributed by atoms with Crippen LogP contribution in [0.25, 0.3) is 0 Å². The van der Waals surface area contributed by atoms with Crippen LogP contribution < -0.4 is 4.72 Å². The molecular weight excluding hydrogens is 358 g/mol. The molecule has 1 N–H and O–H groups in total. The maximum absolute atomic E-state index is 12.4. The second kappa shape index (κ2) is 6.81. The average Bonchev–Trinajstić information content (AvgIpc) is 2.75. The molecule has 0 saturated heterocycles. The van der Waals surface area contributed by atoms with Gasteiger partial charge in [-0.1, -0.05) is 13.0 Å². The summed E-state index contributed by atoms with van der Waals surface area (Å²) in [7, 11) is -3.44. The van der Waals surface area contributed by atoms with Crippen LogP contribution in [0, 0.1) is 6.92 Å². The minimum atomic E-state index is -3.44. The van der Waals surface area contributed by atoms with Crippen LogP contribution in [0.1, 0.15) is 31.7 Å². The number of thioether (sulfide) groups is 1. The van der Waals surface area contributed by atoms with E-state index in [4.69, 9.17) is 0 Å². The standard InChI is InChI=1S/C14H20BrNO2S2/c1-3-19-12-6-5-11(9-12)16-20(17,18)14-7-4-10(2)8-13(14)15/h4,7-8,11-12,16H,3,5-6,9H2,1-2H3. The average molecular weight is 378 g/mol. The van der Waals surface area contributed by atoms with Crippen molar-refractivity contribution in [1.82, 2.24) is 4.72 Å². The molecule has 0 heterocycles. The maximum Gasteiger partial charge on any atom is 0.241 e. The van der Waals surface area contributed by atoms with Gasteiger partial charge in [0.05, 0.1) is 4.90 Å². The van der Waals surface area contributed by atoms with Crippen LogP contribution in [-0.4, -0.2) is 25.5 Å². The number of nitrogens with one attached hydrogen (secondary N) is 1. The molecule has 112 valence electrons. The lowest BCUT2D eigenvalue weighted by Gasteiger charge is -2.14. The summed E-state index contributed by atoms with van der Waals surface area (Å²) in [5.41, 5.74) is 1.04. The summed E-state index contributed by atoms with van der Waals surface area (Å²) in [6.45, 7) is 4.09. The van der Waals surface area contributed by atoms with E-state index in [1.165, 1.54) is 0 Å². The van der Waals surface area contributed by atoms with Crippen molar-refractivity contribution in [1.29, 1.82) is 0 Å². The van der Waals surface area contributed by atoms with E-state index in [-0.39, 0.29) is 6.04 Å². The molecular formula is C14H20BrNO2S2. The van der Waals surface area contributed by atoms with E-state index < -0.39 is 10.0 Å². The highest BCUT2D eigenvalue weighted by Crippen LogP contribution is 2.31. The van der Waals surface area contributed by atoms with Gasteiger partial charge in [0.15, 0.2) is 0 Å². The van der Waals surface area contributed by atoms with Gasteiger partial charge in [0.25, 0.3) is 0 Å². The molecule has 1 fully saturated rings. The Kier molecular flexibility index (Phi) is 5.56. The van der Waals surface area contributed by atoms with Crippen molar-refractivity contribution in [2.24, 2.45) is 0 Å². The Balaban J connectivity index is 2.08. The molecule has 2 rings (SSSR count). The van der Waals surface area contributed by atoms with Gasteiger partial charge in [-0.25, -0.2) is 13.1 Å². The Morgan fingerprint density at radius 3 is 2.80 bits per heavy atom. The van der Waals surface area contributed by atoms with Gasteiger partial charge in [0.2, 0.25) is 10.0 Å². The summed E-state index contributed by atoms with van der Waals surface area (Å²) >= 11 is 5.27. The number of rotatable bonds is 5. The molecule has 1 aliphatic carbocycles. The summed E-state index contributed by atoms with van der Waals surface area (Å²) in [5, 5.41) is 0.592. The molecule has 1 saturated carbocycles. The first-order valence-corrected chi connectivity index (χ1v) is 10.1. The van der Waals surface area contributed by atoms with Crippen LogP contribution >= 0.6 is 27.7 Å². The van der Waals surface area contributed by atoms with Crippen molar-refractivity contribution < 1.29 is 8.42 Å². The van der Waals surface area contributed by atoms with Gasteiger partial charge in [-0.3, -0.25) is 0 Å². The van der Waals surface area contributed by atoms with Crippen molar-refractivity contribution in [3.63, 3.8) is 0 Å². The van der Waals surface area contributed by atoms with Crippen LogP contribution in [0.2, 0.25) is 0 Å². The molecule has 20 heavy (non-hydrogen) atoms. The Bertz CT molecular complexity index is 575. The highest BCUT2D eigenvalue weighted by Gasteiger charge is 2.29. The third kappa shape index (κ3) is 4.00. The second-order valence-corrected chi connectivity index (χ2v) is 9.26. The fourth-order valence-electron chi connectivity index (χ4n) is 2.54. The number of aryl methyl sites for hydroxylation is 1. The SMILES string of the molecule is CCSC1CCC(NS(=O)(=O)c2ccc(C)cc2Br)C1. The zero-order chi connectivity index (χ0) is 14.8. The Morgan fingerprint density at radius 1 is 1.40 bits per heavy atom. The van der Waals surface area contributed by atoms with Crippen molar-refractivity contribution in [3.05, 3.63) is 28.2 Å². The third-order valence-electron chi connectivity index (χ3n) is 3.49. The third-order valence-corrected chi connectivity index (χ3v) is 7.22. The largest absolute Gasteiger partial charge is 0.241 e. The van der Waals surface area contributed by atoms with Gasteiger partial charge < -0.3 is 0 Å². The number of hydrogen-bond donors (Lipinski definition) is 1. The topological polar surface area (TPSA) is 46.2 Å². The van der Waals surface area contributed by atoms with Crippen LogP contribution in [0.3, 0.4) is 0 Å². The Hall–Kier alpha value is -0.0400. The first kappa shape index (κ1) is 16.3. The smallest absolute Gasteiger partial charge is 0.208 e. The lowest BCUT2D eigenvalue weighted by molar-refractivity contribution is 0.552. The molecule has 6 heteroatoms. The van der Waals surface area contributed by atoms with E-state index in [2.05, 4.69) is 27.6 Å². The second-order valence-electron chi connectivity index (χ2n) is 5.14. The molecule has 0 radical (unpaired) electrons. The minimum absolute atomic E-state index is 0.0669. The number of benzene rings is 1. The van der Waals surface area contributed by atoms with E-state index in [9.17, 15) is 8.42 Å². The molecule has 0 spiro atoms. The Labute approximate surface area is 134 Å². The normalized spacial score (nSPS) is 23.1. The van der Waals surface area contributed by atoms with Gasteiger partial charge in [-0.05, 0) is 65.6 Å². The van der Waals surface area contributed by atoms with Gasteiger partial charge in [0, 0.05) is 15.8 Å². The fourth-order valence-corrected chi connectivity index (χ4v) is 6.16. The van der Waals surface area contributed by atoms with E-state index in [1.54, 1.807) is 6.07 Å². The van der Waals surface area contributed by atoms with E-state index in [1.807, 2.05) is 30.8 Å². The number of hydrogen-bond acceptors (Lipinski definition) is 3. The maximum atomic E-state index is 12.4. The molecule has 3 nitrogen and oxygen atoms in total. The summed E-state index contributed by atoms with van der Waals surface area (Å²) in [6, 6.07) is 5.38. The zero-order valence-electron chi connectivity index (χ0n) is 11.7. The van der Waals surface area contributed by atoms with Gasteiger partial charge >= 0.3 is 0 Å². The fraction of sp³-hybridized carbons (Fsp3) is 0.571. The summed E-state index contributed by atoms with van der Waals surface area (Å²) < 4.78 is 28.4. The van der Waals surface area contributed by atoms with Crippen molar-refractivity contribution in [2.45, 2.75) is 49.3 Å². The van der Waals surface area contributed by atoms with E-state index in [0.29, 0.717) is 14.6 Å². The monoisotopic (exact) mass is 377 g/mol. The molecule has 1 aromatic carbocycles. The van der Waals surface area contributed by atoms with Crippen LogP contribution in [0.5, 0.6) is 0 Å². The van der Waals surface area contributed by atoms with Gasteiger partial charge in [-0.15, -0.1) is 0 Å². The first-order valence-electron chi connectivity index (χ1n) is 6.82. The number of sulfonamides is 1. The van der Waals surface area contributed by atoms with Crippen molar-refractivity contribution in [2.75, 3.05) is 5.75 Å². The van der Waals surface area contributed by atoms with Crippen LogP contribution in [0.4, 0.5) is 0 Å². The number of halogens is 1. The molecule has 0 bridgehead atoms. The molecule has 0 aliphatic heterocycles. The van der Waals surface area contributed by atoms with Crippen LogP contribution in [-0.2, 0) is 10.0 Å². The quantitative estimate of drug-likeness (QED) is 0.850. The molecule has 1 aromatic rings. The highest BCUT2D eigenvalue weighted by molar-refractivity contribution is 9.10. The predicted octanol–water partition coefficient (Wildman–Crippen LogP) is 3.71. The van der Waals surface area contributed by atoms with Crippen LogP contribution in [0.15, 0.2) is 27.6 Å². The molecule has 2 unspecified atom stereocenters. The Morgan fingerprint density at radius 2 is 2.15 bits per heavy atom. The van der Waals surface area contributed by atoms with Gasteiger partial charge in [0.1, 0.15) is 0 Å². The summed E-state index contributed by atoms with van der Waals surface area (Å²) in [4.78, 5) is 0.328. The van der Waals surface area contributed by atoms with E-state index in [0.717, 1.165) is 30.6 Å². The molecule has 0 aromatic heterocycles. The minimum Gasteiger partial charge on any atom is -0.208 e. The summed E-state index contributed by atoms with van der Waals surface area (Å²) in [5.74, 6) is 1.09. The summed E-state index contributed by atoms with van der Waals surface area (Å²) in [6.07, 6.45) is 2.96.